The van der Waals surface area contributed by atoms with E-state index in [-0.39, 0.29) is 18.4 Å². The van der Waals surface area contributed by atoms with Gasteiger partial charge in [0.25, 0.3) is 0 Å². The van der Waals surface area contributed by atoms with Crippen molar-refractivity contribution in [3.05, 3.63) is 72.2 Å². The van der Waals surface area contributed by atoms with Gasteiger partial charge in [-0.25, -0.2) is 9.78 Å². The molecule has 13 heteroatoms. The van der Waals surface area contributed by atoms with Crippen LogP contribution in [0.4, 0.5) is 16.3 Å². The zero-order chi connectivity index (χ0) is 39.4. The summed E-state index contributed by atoms with van der Waals surface area (Å²) in [6, 6.07) is 16.4. The van der Waals surface area contributed by atoms with Crippen LogP contribution < -0.4 is 10.6 Å². The summed E-state index contributed by atoms with van der Waals surface area (Å²) in [7, 11) is 0. The molecule has 296 valence electrons. The van der Waals surface area contributed by atoms with Crippen molar-refractivity contribution < 1.29 is 28.5 Å². The summed E-state index contributed by atoms with van der Waals surface area (Å²) in [4.78, 5) is 40.4. The number of aromatic nitrogens is 2. The highest BCUT2D eigenvalue weighted by atomic mass is 16.7. The van der Waals surface area contributed by atoms with E-state index in [0.717, 1.165) is 61.0 Å². The zero-order valence-corrected chi connectivity index (χ0v) is 33.7. The predicted octanol–water partition coefficient (Wildman–Crippen LogP) is 6.42. The molecule has 4 rings (SSSR count). The number of esters is 1. The molecule has 2 aromatic heterocycles. The van der Waals surface area contributed by atoms with Crippen molar-refractivity contribution in [1.29, 1.82) is 0 Å². The Hall–Kier alpha value is -4.14. The summed E-state index contributed by atoms with van der Waals surface area (Å²) in [6.07, 6.45) is 3.20. The number of amides is 1. The number of nitrogens with zero attached hydrogens (tertiary/aromatic N) is 5. The molecule has 1 amide bonds. The average molecular weight is 748 g/mol. The topological polar surface area (TPSA) is 131 Å². The van der Waals surface area contributed by atoms with Crippen LogP contribution in [0.1, 0.15) is 73.6 Å². The van der Waals surface area contributed by atoms with E-state index >= 15 is 0 Å². The van der Waals surface area contributed by atoms with E-state index in [1.165, 1.54) is 5.56 Å². The summed E-state index contributed by atoms with van der Waals surface area (Å²) < 4.78 is 22.4. The monoisotopic (exact) mass is 747 g/mol. The molecule has 3 heterocycles. The van der Waals surface area contributed by atoms with Gasteiger partial charge in [-0.05, 0) is 104 Å². The molecular formula is C41H61N7O6. The minimum atomic E-state index is -0.565. The van der Waals surface area contributed by atoms with Crippen LogP contribution in [0.5, 0.6) is 0 Å². The number of ether oxygens (including phenoxy) is 4. The van der Waals surface area contributed by atoms with Crippen LogP contribution in [-0.4, -0.2) is 113 Å². The molecule has 3 aromatic rings. The van der Waals surface area contributed by atoms with Crippen LogP contribution in [0.15, 0.2) is 60.9 Å². The summed E-state index contributed by atoms with van der Waals surface area (Å²) in [5.41, 5.74) is 3.66. The smallest absolute Gasteiger partial charge is 0.407 e. The number of anilines is 2. The highest BCUT2D eigenvalue weighted by Crippen LogP contribution is 2.24. The van der Waals surface area contributed by atoms with Crippen molar-refractivity contribution in [1.82, 2.24) is 30.0 Å². The number of alkyl carbamates (subject to hydrolysis) is 1. The van der Waals surface area contributed by atoms with E-state index in [0.29, 0.717) is 32.9 Å². The predicted molar refractivity (Wildman–Crippen MR) is 211 cm³/mol. The van der Waals surface area contributed by atoms with Crippen LogP contribution >= 0.6 is 0 Å². The van der Waals surface area contributed by atoms with E-state index in [1.807, 2.05) is 92.8 Å². The molecule has 0 unspecified atom stereocenters. The maximum atomic E-state index is 12.3. The Labute approximate surface area is 321 Å². The lowest BCUT2D eigenvalue weighted by atomic mass is 10.1. The second-order valence-electron chi connectivity index (χ2n) is 16.6. The Bertz CT molecular complexity index is 1620. The van der Waals surface area contributed by atoms with Gasteiger partial charge < -0.3 is 29.6 Å². The fourth-order valence-corrected chi connectivity index (χ4v) is 5.62. The first-order valence-electron chi connectivity index (χ1n) is 18.7. The third-order valence-corrected chi connectivity index (χ3v) is 8.09. The van der Waals surface area contributed by atoms with Gasteiger partial charge in [-0.2, -0.15) is 0 Å². The van der Waals surface area contributed by atoms with E-state index < -0.39 is 17.3 Å². The molecule has 1 aliphatic rings. The lowest BCUT2D eigenvalue weighted by Gasteiger charge is -2.34. The molecule has 1 saturated heterocycles. The van der Waals surface area contributed by atoms with Crippen molar-refractivity contribution >= 4 is 23.6 Å². The van der Waals surface area contributed by atoms with Gasteiger partial charge in [0.1, 0.15) is 30.5 Å². The highest BCUT2D eigenvalue weighted by Gasteiger charge is 2.23. The Kier molecular flexibility index (Phi) is 15.3. The van der Waals surface area contributed by atoms with Crippen molar-refractivity contribution in [2.45, 2.75) is 92.2 Å². The molecule has 1 fully saturated rings. The molecular weight excluding hydrogens is 686 g/mol. The van der Waals surface area contributed by atoms with Crippen LogP contribution in [0, 0.1) is 0 Å². The molecule has 13 nitrogen and oxygen atoms in total. The maximum Gasteiger partial charge on any atom is 0.407 e. The SMILES string of the molecule is CC(C)(C)OCOCN(CCNC(=O)OC(C)(C)C)Cc1ccc(-c2ccnc(Nc3cccc(CN4CCN(CC(=O)OC(C)(C)C)CC4)c3)c2)cn1. The Balaban J connectivity index is 1.30. The molecule has 1 aromatic carbocycles. The Morgan fingerprint density at radius 3 is 2.20 bits per heavy atom. The van der Waals surface area contributed by atoms with Gasteiger partial charge in [0.05, 0.1) is 17.8 Å². The van der Waals surface area contributed by atoms with Gasteiger partial charge >= 0.3 is 12.1 Å². The Morgan fingerprint density at radius 2 is 1.54 bits per heavy atom. The third kappa shape index (κ3) is 16.5. The van der Waals surface area contributed by atoms with Crippen LogP contribution in [0.25, 0.3) is 11.1 Å². The number of nitrogens with one attached hydrogen (secondary N) is 2. The molecule has 2 N–H and O–H groups in total. The van der Waals surface area contributed by atoms with Gasteiger partial charge in [-0.15, -0.1) is 0 Å². The van der Waals surface area contributed by atoms with Gasteiger partial charge in [0, 0.05) is 76.0 Å². The molecule has 0 radical (unpaired) electrons. The van der Waals surface area contributed by atoms with E-state index in [1.54, 1.807) is 6.20 Å². The third-order valence-electron chi connectivity index (χ3n) is 8.09. The molecule has 0 saturated carbocycles. The summed E-state index contributed by atoms with van der Waals surface area (Å²) in [5.74, 6) is 0.567. The van der Waals surface area contributed by atoms with E-state index in [9.17, 15) is 9.59 Å². The molecule has 1 aliphatic heterocycles. The lowest BCUT2D eigenvalue weighted by Crippen LogP contribution is -2.48. The highest BCUT2D eigenvalue weighted by molar-refractivity contribution is 5.72. The maximum absolute atomic E-state index is 12.3. The van der Waals surface area contributed by atoms with Gasteiger partial charge in [-0.3, -0.25) is 24.5 Å². The van der Waals surface area contributed by atoms with Gasteiger partial charge in [-0.1, -0.05) is 18.2 Å². The van der Waals surface area contributed by atoms with Gasteiger partial charge in [0.2, 0.25) is 0 Å². The number of rotatable bonds is 16. The first-order chi connectivity index (χ1) is 25.4. The fourth-order valence-electron chi connectivity index (χ4n) is 5.62. The minimum absolute atomic E-state index is 0.157. The number of hydrogen-bond donors (Lipinski definition) is 2. The first kappa shape index (κ1) is 42.6. The molecule has 54 heavy (non-hydrogen) atoms. The zero-order valence-electron chi connectivity index (χ0n) is 33.7. The van der Waals surface area contributed by atoms with Crippen LogP contribution in [-0.2, 0) is 36.8 Å². The van der Waals surface area contributed by atoms with Crippen LogP contribution in [0.2, 0.25) is 0 Å². The van der Waals surface area contributed by atoms with E-state index in [4.69, 9.17) is 23.9 Å². The Morgan fingerprint density at radius 1 is 0.815 bits per heavy atom. The molecule has 0 aliphatic carbocycles. The quantitative estimate of drug-likeness (QED) is 0.0953. The largest absolute Gasteiger partial charge is 0.459 e. The van der Waals surface area contributed by atoms with Crippen molar-refractivity contribution in [2.24, 2.45) is 0 Å². The average Bonchev–Trinajstić information content (AvgIpc) is 3.06. The number of piperazine rings is 1. The second-order valence-corrected chi connectivity index (χ2v) is 16.6. The molecule has 0 spiro atoms. The summed E-state index contributed by atoms with van der Waals surface area (Å²) in [5, 5.41) is 6.29. The molecule has 0 atom stereocenters. The number of hydrogen-bond acceptors (Lipinski definition) is 12. The second kappa shape index (κ2) is 19.4. The number of carbonyl (C=O) groups excluding carboxylic acids is 2. The lowest BCUT2D eigenvalue weighted by molar-refractivity contribution is -0.156. The normalized spacial score (nSPS) is 14.6. The summed E-state index contributed by atoms with van der Waals surface area (Å²) in [6.45, 7) is 23.6. The van der Waals surface area contributed by atoms with Crippen molar-refractivity contribution in [3.8, 4) is 11.1 Å². The van der Waals surface area contributed by atoms with Gasteiger partial charge in [0.15, 0.2) is 0 Å². The first-order valence-corrected chi connectivity index (χ1v) is 18.7. The standard InChI is InChI=1S/C41H61N7O6/c1-39(2,3)52-30-51-29-48(18-17-43-38(50)54-41(7,8)9)27-35-14-13-33(25-44-35)32-15-16-42-36(24-32)45-34-12-10-11-31(23-34)26-46-19-21-47(22-20-46)28-37(49)53-40(4,5)6/h10-16,23-25H,17-22,26-30H2,1-9H3,(H,42,45)(H,43,50). The van der Waals surface area contributed by atoms with Crippen molar-refractivity contribution in [3.63, 3.8) is 0 Å². The fraction of sp³-hybridized carbons (Fsp3) is 0.561. The van der Waals surface area contributed by atoms with E-state index in [2.05, 4.69) is 54.6 Å². The number of benzene rings is 1. The summed E-state index contributed by atoms with van der Waals surface area (Å²) >= 11 is 0. The number of pyridine rings is 2. The number of carbonyl (C=O) groups is 2. The van der Waals surface area contributed by atoms with Crippen LogP contribution in [0.3, 0.4) is 0 Å². The van der Waals surface area contributed by atoms with Crippen molar-refractivity contribution in [2.75, 3.05) is 64.7 Å². The minimum Gasteiger partial charge on any atom is -0.459 e. The molecule has 0 bridgehead atoms.